The molecule has 0 saturated heterocycles. The minimum Gasteiger partial charge on any atom is -0.370 e. The maximum atomic E-state index is 5.32. The summed E-state index contributed by atoms with van der Waals surface area (Å²) in [4.78, 5) is 13.9. The number of benzene rings is 2. The minimum atomic E-state index is 0.344. The van der Waals surface area contributed by atoms with E-state index in [0.717, 1.165) is 37.3 Å². The molecule has 0 radical (unpaired) electrons. The Morgan fingerprint density at radius 3 is 2.92 bits per heavy atom. The summed E-state index contributed by atoms with van der Waals surface area (Å²) >= 11 is 0. The number of hydrogen-bond donors (Lipinski definition) is 3. The van der Waals surface area contributed by atoms with E-state index in [1.165, 1.54) is 27.6 Å². The fourth-order valence-electron chi connectivity index (χ4n) is 3.82. The Hall–Kier alpha value is -2.50. The van der Waals surface area contributed by atoms with Gasteiger partial charge in [-0.2, -0.15) is 0 Å². The number of H-pyrrole nitrogens is 1. The van der Waals surface area contributed by atoms with Crippen molar-refractivity contribution in [2.75, 3.05) is 6.54 Å². The maximum Gasteiger partial charge on any atom is 0.196 e. The summed E-state index contributed by atoms with van der Waals surface area (Å²) in [6, 6.07) is 13.0. The first-order chi connectivity index (χ1) is 11.9. The molecule has 0 saturated carbocycles. The quantitative estimate of drug-likeness (QED) is 0.693. The number of aromatic amines is 1. The largest absolute Gasteiger partial charge is 0.370 e. The average Bonchev–Trinajstić information content (AvgIpc) is 3.24. The molecule has 0 bridgehead atoms. The number of nitrogens with one attached hydrogen (secondary N) is 3. The van der Waals surface area contributed by atoms with Crippen molar-refractivity contribution in [2.24, 2.45) is 0 Å². The molecular weight excluding hydrogens is 302 g/mol. The summed E-state index contributed by atoms with van der Waals surface area (Å²) in [7, 11) is 0. The van der Waals surface area contributed by atoms with Crippen LogP contribution in [0.4, 0.5) is 0 Å². The predicted octanol–water partition coefficient (Wildman–Crippen LogP) is 3.18. The van der Waals surface area contributed by atoms with Gasteiger partial charge in [0.1, 0.15) is 0 Å². The molecule has 0 fully saturated rings. The zero-order valence-corrected chi connectivity index (χ0v) is 13.3. The van der Waals surface area contributed by atoms with Crippen molar-refractivity contribution in [1.29, 1.82) is 0 Å². The molecule has 3 N–H and O–H groups in total. The van der Waals surface area contributed by atoms with E-state index in [9.17, 15) is 0 Å². The number of aromatic nitrogens is 1. The van der Waals surface area contributed by atoms with Crippen LogP contribution in [0.1, 0.15) is 29.2 Å². The van der Waals surface area contributed by atoms with E-state index in [1.807, 2.05) is 0 Å². The lowest BCUT2D eigenvalue weighted by Gasteiger charge is -2.27. The molecule has 1 atom stereocenters. The smallest absolute Gasteiger partial charge is 0.196 e. The first-order valence-electron chi connectivity index (χ1n) is 8.42. The molecule has 0 unspecified atom stereocenters. The van der Waals surface area contributed by atoms with Crippen LogP contribution in [0.3, 0.4) is 0 Å². The highest BCUT2D eigenvalue weighted by atomic mass is 16.9. The molecule has 2 aromatic carbocycles. The van der Waals surface area contributed by atoms with E-state index in [2.05, 4.69) is 58.5 Å². The van der Waals surface area contributed by atoms with Crippen molar-refractivity contribution in [3.05, 3.63) is 59.3 Å². The summed E-state index contributed by atoms with van der Waals surface area (Å²) in [6.45, 7) is 0.999. The monoisotopic (exact) mass is 321 g/mol. The summed E-state index contributed by atoms with van der Waals surface area (Å²) in [5, 5.41) is 4.97. The topological polar surface area (TPSA) is 58.3 Å². The van der Waals surface area contributed by atoms with E-state index in [0.29, 0.717) is 6.04 Å². The second-order valence-corrected chi connectivity index (χ2v) is 6.44. The van der Waals surface area contributed by atoms with Gasteiger partial charge in [-0.1, -0.05) is 18.2 Å². The zero-order valence-electron chi connectivity index (χ0n) is 13.3. The highest BCUT2D eigenvalue weighted by Gasteiger charge is 2.25. The third-order valence-electron chi connectivity index (χ3n) is 5.05. The molecule has 2 aliphatic heterocycles. The molecule has 0 aliphatic carbocycles. The molecule has 24 heavy (non-hydrogen) atoms. The van der Waals surface area contributed by atoms with Crippen LogP contribution in [0.2, 0.25) is 0 Å². The molecule has 5 heteroatoms. The second-order valence-electron chi connectivity index (χ2n) is 6.44. The third kappa shape index (κ3) is 2.25. The Bertz CT molecular complexity index is 903. The van der Waals surface area contributed by atoms with Crippen LogP contribution in [0.25, 0.3) is 10.9 Å². The Morgan fingerprint density at radius 2 is 1.96 bits per heavy atom. The maximum absolute atomic E-state index is 5.32. The van der Waals surface area contributed by atoms with Gasteiger partial charge in [0, 0.05) is 28.8 Å². The van der Waals surface area contributed by atoms with Crippen LogP contribution < -0.4 is 20.6 Å². The fraction of sp³-hybridized carbons (Fsp3) is 0.263. The minimum absolute atomic E-state index is 0.344. The number of aryl methyl sites for hydroxylation is 1. The van der Waals surface area contributed by atoms with E-state index >= 15 is 0 Å². The van der Waals surface area contributed by atoms with Gasteiger partial charge in [-0.3, -0.25) is 0 Å². The molecule has 3 aromatic rings. The molecule has 0 spiro atoms. The number of hydrogen-bond acceptors (Lipinski definition) is 4. The van der Waals surface area contributed by atoms with Gasteiger partial charge in [-0.05, 0) is 60.7 Å². The summed E-state index contributed by atoms with van der Waals surface area (Å²) in [6.07, 6.45) is 5.25. The van der Waals surface area contributed by atoms with Crippen LogP contribution in [-0.4, -0.2) is 11.5 Å². The zero-order chi connectivity index (χ0) is 15.9. The summed E-state index contributed by atoms with van der Waals surface area (Å²) in [5.41, 5.74) is 7.74. The molecule has 5 nitrogen and oxygen atoms in total. The molecule has 1 aromatic heterocycles. The lowest BCUT2D eigenvalue weighted by atomic mass is 9.90. The van der Waals surface area contributed by atoms with Crippen LogP contribution in [-0.2, 0) is 12.8 Å². The van der Waals surface area contributed by atoms with Crippen LogP contribution in [0.5, 0.6) is 11.5 Å². The van der Waals surface area contributed by atoms with E-state index < -0.39 is 0 Å². The normalized spacial score (nSPS) is 18.8. The highest BCUT2D eigenvalue weighted by Crippen LogP contribution is 2.38. The number of rotatable bonds is 3. The van der Waals surface area contributed by atoms with Crippen LogP contribution in [0, 0.1) is 0 Å². The van der Waals surface area contributed by atoms with Gasteiger partial charge >= 0.3 is 0 Å². The Labute approximate surface area is 139 Å². The Kier molecular flexibility index (Phi) is 3.21. The highest BCUT2D eigenvalue weighted by molar-refractivity contribution is 5.83. The second kappa shape index (κ2) is 5.54. The van der Waals surface area contributed by atoms with Gasteiger partial charge in [0.2, 0.25) is 0 Å². The average molecular weight is 321 g/mol. The van der Waals surface area contributed by atoms with E-state index in [1.54, 1.807) is 0 Å². The molecule has 122 valence electrons. The number of fused-ring (bicyclic) bond motifs is 3. The molecule has 0 amide bonds. The van der Waals surface area contributed by atoms with Crippen LogP contribution >= 0.6 is 0 Å². The van der Waals surface area contributed by atoms with Crippen LogP contribution in [0.15, 0.2) is 42.6 Å². The van der Waals surface area contributed by atoms with Gasteiger partial charge in [-0.25, -0.2) is 0 Å². The van der Waals surface area contributed by atoms with Crippen molar-refractivity contribution in [3.8, 4) is 11.5 Å². The van der Waals surface area contributed by atoms with Crippen molar-refractivity contribution in [2.45, 2.75) is 25.3 Å². The predicted molar refractivity (Wildman–Crippen MR) is 91.9 cm³/mol. The molecule has 2 aliphatic rings. The van der Waals surface area contributed by atoms with Crippen molar-refractivity contribution < 1.29 is 9.68 Å². The molecular formula is C19H19N3O2. The standard InChI is InChI=1S/C19H19N3O2/c1-2-4-16-14(3-1)13(11-21-16)5-6-17-15-10-19-18(23-22-24-19)9-12(15)7-8-20-17/h1-4,9-11,17,20-22H,5-8H2/t17-/m1/s1. The first-order valence-corrected chi connectivity index (χ1v) is 8.42. The third-order valence-corrected chi connectivity index (χ3v) is 5.05. The van der Waals surface area contributed by atoms with Gasteiger partial charge in [-0.15, -0.1) is 0 Å². The lowest BCUT2D eigenvalue weighted by molar-refractivity contribution is 0.0259. The van der Waals surface area contributed by atoms with Gasteiger partial charge in [0.15, 0.2) is 11.5 Å². The first kappa shape index (κ1) is 13.9. The SMILES string of the molecule is c1ccc2c(CC[C@H]3NCCc4cc5c(cc43)ONO5)c[nH]c2c1. The van der Waals surface area contributed by atoms with Crippen molar-refractivity contribution >= 4 is 10.9 Å². The Balaban J connectivity index is 1.41. The molecule has 3 heterocycles. The van der Waals surface area contributed by atoms with Gasteiger partial charge in [0.05, 0.1) is 0 Å². The fourth-order valence-corrected chi connectivity index (χ4v) is 3.82. The molecule has 5 rings (SSSR count). The summed E-state index contributed by atoms with van der Waals surface area (Å²) in [5.74, 6) is 1.56. The van der Waals surface area contributed by atoms with E-state index in [-0.39, 0.29) is 0 Å². The van der Waals surface area contributed by atoms with Gasteiger partial charge < -0.3 is 20.0 Å². The van der Waals surface area contributed by atoms with Crippen molar-refractivity contribution in [3.63, 3.8) is 0 Å². The lowest BCUT2D eigenvalue weighted by Crippen LogP contribution is -2.30. The Morgan fingerprint density at radius 1 is 1.08 bits per heavy atom. The van der Waals surface area contributed by atoms with Gasteiger partial charge in [0.25, 0.3) is 0 Å². The number of para-hydroxylation sites is 1. The summed E-state index contributed by atoms with van der Waals surface area (Å²) < 4.78 is 0. The van der Waals surface area contributed by atoms with Crippen molar-refractivity contribution in [1.82, 2.24) is 15.9 Å². The van der Waals surface area contributed by atoms with E-state index in [4.69, 9.17) is 9.68 Å².